The van der Waals surface area contributed by atoms with Crippen molar-refractivity contribution in [2.75, 3.05) is 7.11 Å². The Morgan fingerprint density at radius 2 is 2.12 bits per heavy atom. The summed E-state index contributed by atoms with van der Waals surface area (Å²) < 4.78 is 9.63. The maximum Gasteiger partial charge on any atom is 0.395 e. The summed E-state index contributed by atoms with van der Waals surface area (Å²) in [6.07, 6.45) is 0. The average Bonchev–Trinajstić information content (AvgIpc) is 2.27. The number of hydrogen-bond acceptors (Lipinski definition) is 6. The van der Waals surface area contributed by atoms with Gasteiger partial charge in [0.15, 0.2) is 0 Å². The standard InChI is InChI=1S/C10H7NO6/c1-16-5-2-3-6-7(4-5)17-10(13)8(9(6)12)11(14)15/h2-4,8H,1H3/t8-/m0/s1. The van der Waals surface area contributed by atoms with Gasteiger partial charge in [-0.25, -0.2) is 4.79 Å². The van der Waals surface area contributed by atoms with Gasteiger partial charge >= 0.3 is 12.0 Å². The largest absolute Gasteiger partial charge is 0.497 e. The summed E-state index contributed by atoms with van der Waals surface area (Å²) in [7, 11) is 1.41. The first-order chi connectivity index (χ1) is 8.04. The van der Waals surface area contributed by atoms with E-state index in [1.54, 1.807) is 0 Å². The molecule has 0 bridgehead atoms. The molecule has 0 unspecified atom stereocenters. The number of nitrogens with zero attached hydrogens (tertiary/aromatic N) is 1. The Morgan fingerprint density at radius 1 is 1.41 bits per heavy atom. The highest BCUT2D eigenvalue weighted by molar-refractivity contribution is 6.15. The molecule has 0 saturated heterocycles. The lowest BCUT2D eigenvalue weighted by atomic mass is 10.0. The van der Waals surface area contributed by atoms with Crippen LogP contribution >= 0.6 is 0 Å². The van der Waals surface area contributed by atoms with Crippen LogP contribution in [0.2, 0.25) is 0 Å². The number of esters is 1. The second-order valence-electron chi connectivity index (χ2n) is 3.34. The molecule has 0 aliphatic carbocycles. The van der Waals surface area contributed by atoms with Gasteiger partial charge in [0.2, 0.25) is 0 Å². The van der Waals surface area contributed by atoms with Crippen LogP contribution in [0.3, 0.4) is 0 Å². The molecule has 0 fully saturated rings. The maximum absolute atomic E-state index is 11.7. The van der Waals surface area contributed by atoms with E-state index in [2.05, 4.69) is 0 Å². The molecule has 0 saturated carbocycles. The lowest BCUT2D eigenvalue weighted by Crippen LogP contribution is -2.43. The van der Waals surface area contributed by atoms with Crippen molar-refractivity contribution in [1.82, 2.24) is 0 Å². The number of methoxy groups -OCH3 is 1. The van der Waals surface area contributed by atoms with Crippen molar-refractivity contribution in [2.45, 2.75) is 6.04 Å². The van der Waals surface area contributed by atoms with E-state index in [1.165, 1.54) is 25.3 Å². The topological polar surface area (TPSA) is 95.7 Å². The molecule has 0 amide bonds. The van der Waals surface area contributed by atoms with Gasteiger partial charge < -0.3 is 9.47 Å². The monoisotopic (exact) mass is 237 g/mol. The summed E-state index contributed by atoms with van der Waals surface area (Å²) in [5.74, 6) is -1.67. The summed E-state index contributed by atoms with van der Waals surface area (Å²) in [5, 5.41) is 10.6. The Kier molecular flexibility index (Phi) is 2.51. The number of rotatable bonds is 2. The number of fused-ring (bicyclic) bond motifs is 1. The van der Waals surface area contributed by atoms with Crippen molar-refractivity contribution in [2.24, 2.45) is 0 Å². The van der Waals surface area contributed by atoms with Crippen LogP contribution in [0.1, 0.15) is 10.4 Å². The normalized spacial score (nSPS) is 18.3. The Hall–Kier alpha value is -2.44. The maximum atomic E-state index is 11.7. The number of benzene rings is 1. The van der Waals surface area contributed by atoms with Gasteiger partial charge in [-0.05, 0) is 12.1 Å². The summed E-state index contributed by atoms with van der Waals surface area (Å²) in [6, 6.07) is 2.16. The van der Waals surface area contributed by atoms with E-state index in [0.717, 1.165) is 0 Å². The third kappa shape index (κ3) is 1.71. The van der Waals surface area contributed by atoms with E-state index in [1.807, 2.05) is 0 Å². The van der Waals surface area contributed by atoms with Crippen molar-refractivity contribution in [3.8, 4) is 11.5 Å². The first kappa shape index (κ1) is 11.1. The van der Waals surface area contributed by atoms with Gasteiger partial charge in [0, 0.05) is 11.0 Å². The number of carbonyl (C=O) groups excluding carboxylic acids is 2. The van der Waals surface area contributed by atoms with Gasteiger partial charge in [-0.15, -0.1) is 0 Å². The van der Waals surface area contributed by atoms with E-state index >= 15 is 0 Å². The van der Waals surface area contributed by atoms with Gasteiger partial charge in [0.1, 0.15) is 11.5 Å². The van der Waals surface area contributed by atoms with Gasteiger partial charge in [-0.1, -0.05) is 0 Å². The van der Waals surface area contributed by atoms with Crippen molar-refractivity contribution in [3.63, 3.8) is 0 Å². The molecule has 2 rings (SSSR count). The molecule has 17 heavy (non-hydrogen) atoms. The molecule has 1 aliphatic rings. The quantitative estimate of drug-likeness (QED) is 0.243. The fourth-order valence-electron chi connectivity index (χ4n) is 1.52. The van der Waals surface area contributed by atoms with Crippen LogP contribution in [0, 0.1) is 10.1 Å². The molecule has 1 aliphatic heterocycles. The number of ether oxygens (including phenoxy) is 2. The van der Waals surface area contributed by atoms with Gasteiger partial charge in [0.25, 0.3) is 5.78 Å². The van der Waals surface area contributed by atoms with Crippen molar-refractivity contribution in [1.29, 1.82) is 0 Å². The van der Waals surface area contributed by atoms with Gasteiger partial charge in [-0.3, -0.25) is 14.9 Å². The van der Waals surface area contributed by atoms with Crippen LogP contribution in [0.15, 0.2) is 18.2 Å². The third-order valence-electron chi connectivity index (χ3n) is 2.35. The molecule has 88 valence electrons. The van der Waals surface area contributed by atoms with E-state index in [9.17, 15) is 19.7 Å². The summed E-state index contributed by atoms with van der Waals surface area (Å²) in [5.41, 5.74) is 0.00657. The van der Waals surface area contributed by atoms with Crippen molar-refractivity contribution in [3.05, 3.63) is 33.9 Å². The first-order valence-corrected chi connectivity index (χ1v) is 4.62. The SMILES string of the molecule is COc1ccc2c(c1)OC(=O)[C@@H]([N+](=O)[O-])C2=O. The molecule has 7 heteroatoms. The van der Waals surface area contributed by atoms with Crippen LogP contribution < -0.4 is 9.47 Å². The minimum atomic E-state index is -1.98. The molecule has 1 aromatic carbocycles. The van der Waals surface area contributed by atoms with E-state index in [-0.39, 0.29) is 11.3 Å². The Balaban J connectivity index is 2.49. The fourth-order valence-corrected chi connectivity index (χ4v) is 1.52. The van der Waals surface area contributed by atoms with Crippen LogP contribution in [0.25, 0.3) is 0 Å². The number of carbonyl (C=O) groups is 2. The molecule has 0 aromatic heterocycles. The molecule has 7 nitrogen and oxygen atoms in total. The van der Waals surface area contributed by atoms with E-state index in [0.29, 0.717) is 5.75 Å². The van der Waals surface area contributed by atoms with Crippen LogP contribution in [0.4, 0.5) is 0 Å². The average molecular weight is 237 g/mol. The third-order valence-corrected chi connectivity index (χ3v) is 2.35. The highest BCUT2D eigenvalue weighted by Gasteiger charge is 2.45. The zero-order valence-electron chi connectivity index (χ0n) is 8.71. The Bertz CT molecular complexity index is 524. The first-order valence-electron chi connectivity index (χ1n) is 4.62. The molecule has 1 heterocycles. The Labute approximate surface area is 95.1 Å². The second kappa shape index (κ2) is 3.85. The van der Waals surface area contributed by atoms with Crippen LogP contribution in [0.5, 0.6) is 11.5 Å². The molecule has 0 radical (unpaired) electrons. The molecular weight excluding hydrogens is 230 g/mol. The number of Topliss-reactive ketones (excluding diaryl/α,β-unsaturated/α-hetero) is 1. The smallest absolute Gasteiger partial charge is 0.395 e. The minimum Gasteiger partial charge on any atom is -0.497 e. The molecular formula is C10H7NO6. The zero-order chi connectivity index (χ0) is 12.6. The summed E-state index contributed by atoms with van der Waals surface area (Å²) >= 11 is 0. The van der Waals surface area contributed by atoms with E-state index < -0.39 is 22.7 Å². The van der Waals surface area contributed by atoms with E-state index in [4.69, 9.17) is 9.47 Å². The van der Waals surface area contributed by atoms with Gasteiger partial charge in [0.05, 0.1) is 12.7 Å². The number of nitro groups is 1. The lowest BCUT2D eigenvalue weighted by molar-refractivity contribution is -0.493. The highest BCUT2D eigenvalue weighted by Crippen LogP contribution is 2.30. The second-order valence-corrected chi connectivity index (χ2v) is 3.34. The zero-order valence-corrected chi connectivity index (χ0v) is 8.71. The van der Waals surface area contributed by atoms with Crippen molar-refractivity contribution >= 4 is 11.8 Å². The minimum absolute atomic E-state index is 0.00657. The highest BCUT2D eigenvalue weighted by atomic mass is 16.6. The van der Waals surface area contributed by atoms with Crippen molar-refractivity contribution < 1.29 is 24.0 Å². The Morgan fingerprint density at radius 3 is 2.71 bits per heavy atom. The summed E-state index contributed by atoms with van der Waals surface area (Å²) in [4.78, 5) is 32.6. The predicted octanol–water partition coefficient (Wildman–Crippen LogP) is 0.442. The number of ketones is 1. The van der Waals surface area contributed by atoms with Crippen LogP contribution in [-0.2, 0) is 4.79 Å². The summed E-state index contributed by atoms with van der Waals surface area (Å²) in [6.45, 7) is 0. The molecule has 1 aromatic rings. The lowest BCUT2D eigenvalue weighted by Gasteiger charge is -2.17. The predicted molar refractivity (Wildman–Crippen MR) is 53.7 cm³/mol. The van der Waals surface area contributed by atoms with Gasteiger partial charge in [-0.2, -0.15) is 0 Å². The molecule has 1 atom stereocenters. The number of hydrogen-bond donors (Lipinski definition) is 0. The fraction of sp³-hybridized carbons (Fsp3) is 0.200. The molecule has 0 spiro atoms. The van der Waals surface area contributed by atoms with Crippen LogP contribution in [-0.4, -0.2) is 29.8 Å². The molecule has 0 N–H and O–H groups in total.